The highest BCUT2D eigenvalue weighted by Gasteiger charge is 2.17. The predicted molar refractivity (Wildman–Crippen MR) is 79.1 cm³/mol. The fourth-order valence-corrected chi connectivity index (χ4v) is 2.74. The summed E-state index contributed by atoms with van der Waals surface area (Å²) in [7, 11) is 0. The van der Waals surface area contributed by atoms with Crippen molar-refractivity contribution >= 4 is 0 Å². The Hall–Kier alpha value is -1.88. The van der Waals surface area contributed by atoms with Crippen LogP contribution in [0.4, 0.5) is 0 Å². The second-order valence-electron chi connectivity index (χ2n) is 5.65. The van der Waals surface area contributed by atoms with Crippen molar-refractivity contribution in [3.05, 3.63) is 41.0 Å². The van der Waals surface area contributed by atoms with Gasteiger partial charge in [0.25, 0.3) is 0 Å². The topological polar surface area (TPSA) is 60.2 Å². The van der Waals surface area contributed by atoms with Crippen molar-refractivity contribution in [2.75, 3.05) is 0 Å². The molecule has 1 aliphatic heterocycles. The molecule has 2 aromatic rings. The molecule has 1 aromatic heterocycles. The summed E-state index contributed by atoms with van der Waals surface area (Å²) in [5.41, 5.74) is 1.92. The molecule has 2 heterocycles. The number of hydrogen-bond donors (Lipinski definition) is 1. The van der Waals surface area contributed by atoms with Crippen LogP contribution in [-0.4, -0.2) is 19.9 Å². The fraction of sp³-hybridized carbons (Fsp3) is 0.500. The Morgan fingerprint density at radius 2 is 2.19 bits per heavy atom. The summed E-state index contributed by atoms with van der Waals surface area (Å²) in [5.74, 6) is 2.63. The molecule has 21 heavy (non-hydrogen) atoms. The first-order valence-electron chi connectivity index (χ1n) is 7.47. The van der Waals surface area contributed by atoms with Gasteiger partial charge in [0, 0.05) is 18.5 Å². The molecule has 112 valence electrons. The van der Waals surface area contributed by atoms with Gasteiger partial charge in [-0.05, 0) is 38.8 Å². The Labute approximate surface area is 124 Å². The van der Waals surface area contributed by atoms with Crippen molar-refractivity contribution in [3.8, 4) is 5.75 Å². The van der Waals surface area contributed by atoms with E-state index in [0.717, 1.165) is 35.7 Å². The molecule has 0 fully saturated rings. The van der Waals surface area contributed by atoms with Crippen molar-refractivity contribution < 1.29 is 9.84 Å². The zero-order valence-corrected chi connectivity index (χ0v) is 12.5. The van der Waals surface area contributed by atoms with E-state index < -0.39 is 6.10 Å². The molecule has 5 heteroatoms. The lowest BCUT2D eigenvalue weighted by molar-refractivity contribution is 0.189. The Balaban J connectivity index is 1.77. The summed E-state index contributed by atoms with van der Waals surface area (Å²) < 4.78 is 8.03. The Morgan fingerprint density at radius 1 is 1.33 bits per heavy atom. The van der Waals surface area contributed by atoms with Gasteiger partial charge in [0.15, 0.2) is 5.82 Å². The van der Waals surface area contributed by atoms with Crippen molar-refractivity contribution in [1.29, 1.82) is 0 Å². The number of hydrogen-bond acceptors (Lipinski definition) is 4. The van der Waals surface area contributed by atoms with Gasteiger partial charge in [-0.15, -0.1) is 10.2 Å². The van der Waals surface area contributed by atoms with Gasteiger partial charge in [-0.1, -0.05) is 11.6 Å². The standard InChI is InChI=1S/C16H21N3O2/c1-11-6-7-14(13(9-11)12(2)20)21-10-16-18-17-15-5-3-4-8-19(15)16/h6-7,9,12,20H,3-5,8,10H2,1-2H3/t12-/m1/s1. The van der Waals surface area contributed by atoms with Crippen LogP contribution in [-0.2, 0) is 19.6 Å². The van der Waals surface area contributed by atoms with Gasteiger partial charge in [0.05, 0.1) is 6.10 Å². The van der Waals surface area contributed by atoms with Crippen LogP contribution in [0.5, 0.6) is 5.75 Å². The lowest BCUT2D eigenvalue weighted by Gasteiger charge is -2.16. The number of benzene rings is 1. The van der Waals surface area contributed by atoms with E-state index in [0.29, 0.717) is 12.4 Å². The Morgan fingerprint density at radius 3 is 3.00 bits per heavy atom. The highest BCUT2D eigenvalue weighted by Crippen LogP contribution is 2.27. The molecular formula is C16H21N3O2. The average molecular weight is 287 g/mol. The maximum Gasteiger partial charge on any atom is 0.171 e. The minimum absolute atomic E-state index is 0.385. The number of aliphatic hydroxyl groups is 1. The van der Waals surface area contributed by atoms with Gasteiger partial charge in [0.2, 0.25) is 0 Å². The number of rotatable bonds is 4. The van der Waals surface area contributed by atoms with Crippen LogP contribution in [0.3, 0.4) is 0 Å². The number of nitrogens with zero attached hydrogens (tertiary/aromatic N) is 3. The Bertz CT molecular complexity index is 634. The van der Waals surface area contributed by atoms with Gasteiger partial charge in [-0.25, -0.2) is 0 Å². The molecule has 0 unspecified atom stereocenters. The zero-order valence-electron chi connectivity index (χ0n) is 12.5. The van der Waals surface area contributed by atoms with Crippen LogP contribution in [0.1, 0.15) is 48.6 Å². The minimum Gasteiger partial charge on any atom is -0.485 e. The lowest BCUT2D eigenvalue weighted by Crippen LogP contribution is -2.14. The third kappa shape index (κ3) is 2.93. The first kappa shape index (κ1) is 14.1. The summed E-state index contributed by atoms with van der Waals surface area (Å²) in [6.07, 6.45) is 2.80. The van der Waals surface area contributed by atoms with Crippen LogP contribution >= 0.6 is 0 Å². The molecule has 0 radical (unpaired) electrons. The van der Waals surface area contributed by atoms with E-state index in [2.05, 4.69) is 14.8 Å². The molecule has 0 saturated carbocycles. The summed E-state index contributed by atoms with van der Waals surface area (Å²) in [6, 6.07) is 5.85. The number of ether oxygens (including phenoxy) is 1. The maximum absolute atomic E-state index is 9.87. The molecule has 5 nitrogen and oxygen atoms in total. The van der Waals surface area contributed by atoms with E-state index in [1.54, 1.807) is 6.92 Å². The van der Waals surface area contributed by atoms with E-state index >= 15 is 0 Å². The smallest absolute Gasteiger partial charge is 0.171 e. The van der Waals surface area contributed by atoms with Crippen LogP contribution < -0.4 is 4.74 Å². The van der Waals surface area contributed by atoms with Gasteiger partial charge < -0.3 is 14.4 Å². The molecule has 0 amide bonds. The molecule has 0 bridgehead atoms. The first-order chi connectivity index (χ1) is 10.1. The summed E-state index contributed by atoms with van der Waals surface area (Å²) in [6.45, 7) is 5.11. The lowest BCUT2D eigenvalue weighted by atomic mass is 10.1. The molecule has 1 aliphatic rings. The van der Waals surface area contributed by atoms with Gasteiger partial charge in [-0.3, -0.25) is 0 Å². The maximum atomic E-state index is 9.87. The third-order valence-electron chi connectivity index (χ3n) is 3.91. The average Bonchev–Trinajstić information content (AvgIpc) is 2.89. The fourth-order valence-electron chi connectivity index (χ4n) is 2.74. The molecule has 0 spiro atoms. The predicted octanol–water partition coefficient (Wildman–Crippen LogP) is 2.56. The number of aryl methyl sites for hydroxylation is 2. The molecular weight excluding hydrogens is 266 g/mol. The number of aliphatic hydroxyl groups excluding tert-OH is 1. The van der Waals surface area contributed by atoms with E-state index in [4.69, 9.17) is 4.74 Å². The molecule has 1 N–H and O–H groups in total. The van der Waals surface area contributed by atoms with Crippen LogP contribution in [0, 0.1) is 6.92 Å². The molecule has 0 aliphatic carbocycles. The molecule has 1 atom stereocenters. The van der Waals surface area contributed by atoms with E-state index in [1.165, 1.54) is 12.8 Å². The molecule has 0 saturated heterocycles. The van der Waals surface area contributed by atoms with Gasteiger partial charge >= 0.3 is 0 Å². The minimum atomic E-state index is -0.549. The van der Waals surface area contributed by atoms with Gasteiger partial charge in [0.1, 0.15) is 18.2 Å². The molecule has 3 rings (SSSR count). The largest absolute Gasteiger partial charge is 0.485 e. The second-order valence-corrected chi connectivity index (χ2v) is 5.65. The monoisotopic (exact) mass is 287 g/mol. The highest BCUT2D eigenvalue weighted by molar-refractivity contribution is 5.38. The second kappa shape index (κ2) is 5.85. The highest BCUT2D eigenvalue weighted by atomic mass is 16.5. The summed E-state index contributed by atoms with van der Waals surface area (Å²) in [4.78, 5) is 0. The SMILES string of the molecule is Cc1ccc(OCc2nnc3n2CCCC3)c([C@@H](C)O)c1. The zero-order chi connectivity index (χ0) is 14.8. The van der Waals surface area contributed by atoms with Crippen molar-refractivity contribution in [2.45, 2.75) is 52.4 Å². The van der Waals surface area contributed by atoms with Crippen molar-refractivity contribution in [1.82, 2.24) is 14.8 Å². The van der Waals surface area contributed by atoms with Crippen LogP contribution in [0.2, 0.25) is 0 Å². The van der Waals surface area contributed by atoms with E-state index in [9.17, 15) is 5.11 Å². The summed E-state index contributed by atoms with van der Waals surface area (Å²) >= 11 is 0. The number of aromatic nitrogens is 3. The van der Waals surface area contributed by atoms with Crippen molar-refractivity contribution in [3.63, 3.8) is 0 Å². The number of fused-ring (bicyclic) bond motifs is 1. The quantitative estimate of drug-likeness (QED) is 0.939. The molecule has 1 aromatic carbocycles. The summed E-state index contributed by atoms with van der Waals surface area (Å²) in [5, 5.41) is 18.3. The van der Waals surface area contributed by atoms with Crippen LogP contribution in [0.25, 0.3) is 0 Å². The van der Waals surface area contributed by atoms with Gasteiger partial charge in [-0.2, -0.15) is 0 Å². The Kier molecular flexibility index (Phi) is 3.92. The van der Waals surface area contributed by atoms with Crippen molar-refractivity contribution in [2.24, 2.45) is 0 Å². The normalized spacial score (nSPS) is 15.6. The first-order valence-corrected chi connectivity index (χ1v) is 7.47. The van der Waals surface area contributed by atoms with Crippen LogP contribution in [0.15, 0.2) is 18.2 Å². The third-order valence-corrected chi connectivity index (χ3v) is 3.91. The van der Waals surface area contributed by atoms with E-state index in [-0.39, 0.29) is 0 Å². The van der Waals surface area contributed by atoms with E-state index in [1.807, 2.05) is 25.1 Å².